The summed E-state index contributed by atoms with van der Waals surface area (Å²) >= 11 is 0. The van der Waals surface area contributed by atoms with Gasteiger partial charge in [-0.25, -0.2) is 9.67 Å². The molecule has 0 aliphatic carbocycles. The van der Waals surface area contributed by atoms with Gasteiger partial charge in [-0.3, -0.25) is 9.36 Å². The number of aromatic nitrogens is 4. The summed E-state index contributed by atoms with van der Waals surface area (Å²) in [5.74, 6) is 0.852. The van der Waals surface area contributed by atoms with Gasteiger partial charge in [-0.05, 0) is 52.0 Å². The van der Waals surface area contributed by atoms with E-state index in [-0.39, 0.29) is 23.3 Å². The largest absolute Gasteiger partial charge is 0.441 e. The third-order valence-electron chi connectivity index (χ3n) is 6.18. The van der Waals surface area contributed by atoms with Crippen LogP contribution in [0.5, 0.6) is 0 Å². The third-order valence-corrected chi connectivity index (χ3v) is 6.18. The van der Waals surface area contributed by atoms with Crippen LogP contribution in [0, 0.1) is 27.7 Å². The fourth-order valence-corrected chi connectivity index (χ4v) is 4.24. The van der Waals surface area contributed by atoms with Gasteiger partial charge in [-0.2, -0.15) is 18.3 Å². The van der Waals surface area contributed by atoms with Crippen LogP contribution in [-0.2, 0) is 12.7 Å². The molecule has 5 aromatic rings. The number of hydrogen-bond donors (Lipinski definition) is 0. The molecule has 0 amide bonds. The molecule has 5 rings (SSSR count). The van der Waals surface area contributed by atoms with E-state index in [1.54, 1.807) is 19.1 Å². The number of hydrogen-bond acceptors (Lipinski definition) is 4. The SMILES string of the molecule is Cc1ccc(-c2nc(Cn3c(=O)cc(C(F)(F)F)c4c(C)nn(-c5ccc(C)cc5)c43)c(C)o2)cc1. The smallest absolute Gasteiger partial charge is 0.417 e. The molecule has 0 bridgehead atoms. The maximum Gasteiger partial charge on any atom is 0.417 e. The molecule has 0 unspecified atom stereocenters. The third kappa shape index (κ3) is 4.10. The molecule has 0 radical (unpaired) electrons. The highest BCUT2D eigenvalue weighted by atomic mass is 19.4. The van der Waals surface area contributed by atoms with Gasteiger partial charge < -0.3 is 4.42 Å². The average Bonchev–Trinajstić information content (AvgIpc) is 3.35. The minimum absolute atomic E-state index is 0.0514. The van der Waals surface area contributed by atoms with E-state index in [9.17, 15) is 18.0 Å². The summed E-state index contributed by atoms with van der Waals surface area (Å²) in [6.45, 7) is 7.03. The van der Waals surface area contributed by atoms with Crippen LogP contribution in [0.2, 0.25) is 0 Å². The Morgan fingerprint density at radius 2 is 1.53 bits per heavy atom. The van der Waals surface area contributed by atoms with Gasteiger partial charge in [0.15, 0.2) is 0 Å². The second-order valence-electron chi connectivity index (χ2n) is 8.90. The molecule has 3 heterocycles. The molecule has 0 saturated carbocycles. The van der Waals surface area contributed by atoms with Crippen molar-refractivity contribution >= 4 is 11.0 Å². The lowest BCUT2D eigenvalue weighted by atomic mass is 10.1. The van der Waals surface area contributed by atoms with Gasteiger partial charge in [-0.1, -0.05) is 35.4 Å². The van der Waals surface area contributed by atoms with Crippen molar-refractivity contribution in [3.05, 3.63) is 98.8 Å². The molecule has 0 aliphatic rings. The van der Waals surface area contributed by atoms with E-state index in [4.69, 9.17) is 4.42 Å². The highest BCUT2D eigenvalue weighted by Gasteiger charge is 2.36. The maximum absolute atomic E-state index is 14.0. The molecule has 36 heavy (non-hydrogen) atoms. The number of halogens is 3. The minimum Gasteiger partial charge on any atom is -0.441 e. The van der Waals surface area contributed by atoms with Gasteiger partial charge in [0.1, 0.15) is 17.1 Å². The van der Waals surface area contributed by atoms with E-state index >= 15 is 0 Å². The Morgan fingerprint density at radius 3 is 2.14 bits per heavy atom. The Morgan fingerprint density at radius 1 is 0.917 bits per heavy atom. The van der Waals surface area contributed by atoms with Gasteiger partial charge in [-0.15, -0.1) is 0 Å². The molecule has 0 spiro atoms. The molecule has 2 aromatic carbocycles. The number of pyridine rings is 1. The van der Waals surface area contributed by atoms with Gasteiger partial charge in [0.25, 0.3) is 5.56 Å². The number of aryl methyl sites for hydroxylation is 4. The summed E-state index contributed by atoms with van der Waals surface area (Å²) in [5.41, 5.74) is 2.24. The Balaban J connectivity index is 1.72. The van der Waals surface area contributed by atoms with Crippen molar-refractivity contribution in [1.29, 1.82) is 0 Å². The lowest BCUT2D eigenvalue weighted by molar-refractivity contribution is -0.136. The van der Waals surface area contributed by atoms with Crippen molar-refractivity contribution in [3.63, 3.8) is 0 Å². The fourth-order valence-electron chi connectivity index (χ4n) is 4.24. The fraction of sp³-hybridized carbons (Fsp3) is 0.222. The predicted octanol–water partition coefficient (Wildman–Crippen LogP) is 6.14. The second kappa shape index (κ2) is 8.51. The van der Waals surface area contributed by atoms with Crippen LogP contribution in [0.15, 0.2) is 63.8 Å². The summed E-state index contributed by atoms with van der Waals surface area (Å²) < 4.78 is 50.4. The van der Waals surface area contributed by atoms with Crippen LogP contribution in [0.1, 0.15) is 33.8 Å². The van der Waals surface area contributed by atoms with E-state index in [1.165, 1.54) is 16.2 Å². The zero-order chi connectivity index (χ0) is 25.8. The molecule has 3 aromatic heterocycles. The molecular weight excluding hydrogens is 469 g/mol. The number of rotatable bonds is 4. The van der Waals surface area contributed by atoms with Gasteiger partial charge in [0.05, 0.1) is 28.9 Å². The topological polar surface area (TPSA) is 65.8 Å². The zero-order valence-corrected chi connectivity index (χ0v) is 20.1. The van der Waals surface area contributed by atoms with Crippen LogP contribution in [-0.4, -0.2) is 19.3 Å². The van der Waals surface area contributed by atoms with Crippen molar-refractivity contribution < 1.29 is 17.6 Å². The van der Waals surface area contributed by atoms with E-state index in [0.29, 0.717) is 29.1 Å². The van der Waals surface area contributed by atoms with E-state index in [2.05, 4.69) is 10.1 Å². The number of fused-ring (bicyclic) bond motifs is 1. The van der Waals surface area contributed by atoms with Gasteiger partial charge >= 0.3 is 6.18 Å². The van der Waals surface area contributed by atoms with Crippen molar-refractivity contribution in [1.82, 2.24) is 19.3 Å². The molecule has 0 saturated heterocycles. The highest BCUT2D eigenvalue weighted by molar-refractivity contribution is 5.84. The second-order valence-corrected chi connectivity index (χ2v) is 8.90. The number of benzene rings is 2. The molecular formula is C27H23F3N4O2. The molecule has 6 nitrogen and oxygen atoms in total. The van der Waals surface area contributed by atoms with Crippen LogP contribution in [0.4, 0.5) is 13.2 Å². The quantitative estimate of drug-likeness (QED) is 0.302. The summed E-state index contributed by atoms with van der Waals surface area (Å²) in [4.78, 5) is 17.7. The average molecular weight is 493 g/mol. The Labute approximate surface area is 204 Å². The Kier molecular flexibility index (Phi) is 5.58. The van der Waals surface area contributed by atoms with Crippen LogP contribution < -0.4 is 5.56 Å². The molecule has 0 N–H and O–H groups in total. The number of nitrogens with zero attached hydrogens (tertiary/aromatic N) is 4. The molecule has 9 heteroatoms. The molecule has 0 aliphatic heterocycles. The first-order valence-corrected chi connectivity index (χ1v) is 11.3. The van der Waals surface area contributed by atoms with Crippen molar-refractivity contribution in [2.24, 2.45) is 0 Å². The minimum atomic E-state index is -4.72. The monoisotopic (exact) mass is 492 g/mol. The lowest BCUT2D eigenvalue weighted by Gasteiger charge is -2.14. The van der Waals surface area contributed by atoms with Crippen molar-refractivity contribution in [2.75, 3.05) is 0 Å². The zero-order valence-electron chi connectivity index (χ0n) is 20.1. The van der Waals surface area contributed by atoms with Crippen molar-refractivity contribution in [3.8, 4) is 17.1 Å². The van der Waals surface area contributed by atoms with Crippen molar-refractivity contribution in [2.45, 2.75) is 40.4 Å². The summed E-state index contributed by atoms with van der Waals surface area (Å²) in [6.07, 6.45) is -4.72. The normalized spacial score (nSPS) is 12.0. The molecule has 184 valence electrons. The number of oxazole rings is 1. The van der Waals surface area contributed by atoms with Gasteiger partial charge in [0.2, 0.25) is 5.89 Å². The lowest BCUT2D eigenvalue weighted by Crippen LogP contribution is -2.25. The predicted molar refractivity (Wildman–Crippen MR) is 130 cm³/mol. The van der Waals surface area contributed by atoms with Crippen LogP contribution in [0.3, 0.4) is 0 Å². The summed E-state index contributed by atoms with van der Waals surface area (Å²) in [5, 5.41) is 4.28. The standard InChI is InChI=1S/C27H23F3N4O2/c1-15-5-9-19(10-6-15)25-31-22(18(4)36-25)14-33-23(35)13-21(27(28,29)30)24-17(3)32-34(26(24)33)20-11-7-16(2)8-12-20/h5-13H,14H2,1-4H3. The van der Waals surface area contributed by atoms with Crippen LogP contribution in [0.25, 0.3) is 28.2 Å². The first-order valence-electron chi connectivity index (χ1n) is 11.3. The Hall–Kier alpha value is -4.14. The number of alkyl halides is 3. The molecule has 0 fully saturated rings. The van der Waals surface area contributed by atoms with E-state index < -0.39 is 17.3 Å². The van der Waals surface area contributed by atoms with E-state index in [0.717, 1.165) is 16.7 Å². The summed E-state index contributed by atoms with van der Waals surface area (Å²) in [7, 11) is 0. The highest BCUT2D eigenvalue weighted by Crippen LogP contribution is 2.36. The van der Waals surface area contributed by atoms with Gasteiger partial charge in [0, 0.05) is 11.6 Å². The summed E-state index contributed by atoms with van der Waals surface area (Å²) in [6, 6.07) is 15.4. The van der Waals surface area contributed by atoms with E-state index in [1.807, 2.05) is 50.2 Å². The first kappa shape index (κ1) is 23.6. The molecule has 0 atom stereocenters. The van der Waals surface area contributed by atoms with Crippen LogP contribution >= 0.6 is 0 Å². The Bertz CT molecular complexity index is 1640. The maximum atomic E-state index is 14.0. The first-order chi connectivity index (χ1) is 17.0.